The molecule has 0 atom stereocenters. The molecule has 0 aliphatic rings. The van der Waals surface area contributed by atoms with E-state index in [-0.39, 0.29) is 13.1 Å². The Morgan fingerprint density at radius 3 is 2.59 bits per heavy atom. The third-order valence-corrected chi connectivity index (χ3v) is 2.63. The summed E-state index contributed by atoms with van der Waals surface area (Å²) in [5.41, 5.74) is 0.583. The molecule has 1 heterocycles. The maximum Gasteiger partial charge on any atom is 0.274 e. The third-order valence-electron chi connectivity index (χ3n) is 2.63. The normalized spacial score (nSPS) is 9.68. The predicted molar refractivity (Wildman–Crippen MR) is 75.1 cm³/mol. The summed E-state index contributed by atoms with van der Waals surface area (Å²) in [7, 11) is 0. The van der Waals surface area contributed by atoms with Crippen LogP contribution >= 0.6 is 0 Å². The molecule has 6 nitrogen and oxygen atoms in total. The van der Waals surface area contributed by atoms with Crippen molar-refractivity contribution in [3.8, 4) is 16.9 Å². The number of carboxylic acids is 1. The minimum Gasteiger partial charge on any atom is -0.548 e. The van der Waals surface area contributed by atoms with Crippen LogP contribution in [0, 0.1) is 13.2 Å². The number of carboxylic acid groups (broad SMARTS) is 1. The Balaban J connectivity index is 0.00000242. The van der Waals surface area contributed by atoms with Crippen LogP contribution in [0.2, 0.25) is 0 Å². The monoisotopic (exact) mass is 304 g/mol. The van der Waals surface area contributed by atoms with Gasteiger partial charge in [-0.2, -0.15) is 0 Å². The Morgan fingerprint density at radius 2 is 2.00 bits per heavy atom. The van der Waals surface area contributed by atoms with E-state index in [4.69, 9.17) is 0 Å². The summed E-state index contributed by atoms with van der Waals surface area (Å²) < 4.78 is 13.1. The zero-order valence-corrected chi connectivity index (χ0v) is 11.7. The first kappa shape index (κ1) is 17.0. The fraction of sp³-hybridized carbons (Fsp3) is 0.0667. The molecule has 0 fully saturated rings. The highest BCUT2D eigenvalue weighted by molar-refractivity contribution is 5.96. The van der Waals surface area contributed by atoms with Crippen molar-refractivity contribution in [1.82, 2.24) is 10.3 Å². The summed E-state index contributed by atoms with van der Waals surface area (Å²) in [4.78, 5) is 25.6. The summed E-state index contributed by atoms with van der Waals surface area (Å²) >= 11 is 0. The largest absolute Gasteiger partial charge is 0.548 e. The average Bonchev–Trinajstić information content (AvgIpc) is 2.44. The van der Waals surface area contributed by atoms with Crippen LogP contribution < -0.4 is 10.4 Å². The van der Waals surface area contributed by atoms with E-state index in [1.54, 1.807) is 6.07 Å². The van der Waals surface area contributed by atoms with E-state index in [1.807, 2.05) is 5.32 Å². The second-order valence-corrected chi connectivity index (χ2v) is 4.16. The van der Waals surface area contributed by atoms with Crippen LogP contribution in [0.5, 0.6) is 5.75 Å². The number of aromatic nitrogens is 1. The quantitative estimate of drug-likeness (QED) is 0.802. The molecular formula is C15H13FN2O4. The molecule has 1 aromatic carbocycles. The van der Waals surface area contributed by atoms with Crippen LogP contribution in [0.1, 0.15) is 10.5 Å². The topological polar surface area (TPSA) is 102 Å². The Labute approximate surface area is 126 Å². The second-order valence-electron chi connectivity index (χ2n) is 4.16. The van der Waals surface area contributed by atoms with Crippen LogP contribution in [0.25, 0.3) is 11.1 Å². The van der Waals surface area contributed by atoms with Crippen molar-refractivity contribution in [1.29, 1.82) is 0 Å². The molecule has 1 amide bonds. The first-order chi connectivity index (χ1) is 9.97. The lowest BCUT2D eigenvalue weighted by Gasteiger charge is -2.08. The summed E-state index contributed by atoms with van der Waals surface area (Å²) in [6.45, 7) is -0.689. The average molecular weight is 304 g/mol. The highest BCUT2D eigenvalue weighted by Gasteiger charge is 2.14. The maximum atomic E-state index is 13.1. The molecule has 2 N–H and O–H groups in total. The molecular weight excluding hydrogens is 291 g/mol. The number of rotatable bonds is 4. The Kier molecular flexibility index (Phi) is 5.45. The number of pyridine rings is 1. The van der Waals surface area contributed by atoms with Gasteiger partial charge in [0.25, 0.3) is 5.91 Å². The second kappa shape index (κ2) is 7.07. The molecule has 114 valence electrons. The van der Waals surface area contributed by atoms with Crippen LogP contribution in [0.3, 0.4) is 0 Å². The van der Waals surface area contributed by atoms with Gasteiger partial charge in [0.15, 0.2) is 5.69 Å². The number of carbonyl (C=O) groups excluding carboxylic acids is 2. The van der Waals surface area contributed by atoms with Crippen molar-refractivity contribution in [2.45, 2.75) is 0 Å². The fourth-order valence-electron chi connectivity index (χ4n) is 1.69. The Bertz CT molecular complexity index is 704. The van der Waals surface area contributed by atoms with Crippen LogP contribution in [0.4, 0.5) is 4.39 Å². The molecule has 0 saturated heterocycles. The summed E-state index contributed by atoms with van der Waals surface area (Å²) in [5.74, 6) is -3.18. The molecule has 0 aliphatic carbocycles. The van der Waals surface area contributed by atoms with Crippen molar-refractivity contribution in [2.75, 3.05) is 6.54 Å². The van der Waals surface area contributed by atoms with Gasteiger partial charge in [-0.15, -0.1) is 0 Å². The highest BCUT2D eigenvalue weighted by Crippen LogP contribution is 2.25. The number of hydrogen-bond acceptors (Lipinski definition) is 5. The lowest BCUT2D eigenvalue weighted by Crippen LogP contribution is -2.37. The first-order valence-electron chi connectivity index (χ1n) is 5.90. The van der Waals surface area contributed by atoms with E-state index >= 15 is 0 Å². The number of halogens is 1. The lowest BCUT2D eigenvalue weighted by atomic mass is 10.1. The van der Waals surface area contributed by atoms with Crippen LogP contribution in [0.15, 0.2) is 36.5 Å². The number of amides is 1. The highest BCUT2D eigenvalue weighted by atomic mass is 19.1. The van der Waals surface area contributed by atoms with E-state index in [1.165, 1.54) is 30.5 Å². The standard InChI is InChI=1S/C14H11FN2O4.CH3/c15-10-3-1-2-8(4-10)9-5-11(18)13(16-6-9)14(21)17-7-12(19)20;/h1-6,18H,7H2,(H,17,21)(H,19,20);1H3/q;+1/p-1. The van der Waals surface area contributed by atoms with E-state index < -0.39 is 30.0 Å². The van der Waals surface area contributed by atoms with E-state index in [0.717, 1.165) is 0 Å². The minimum absolute atomic E-state index is 0. The van der Waals surface area contributed by atoms with Gasteiger partial charge < -0.3 is 20.3 Å². The molecule has 0 saturated carbocycles. The van der Waals surface area contributed by atoms with Crippen LogP contribution in [-0.4, -0.2) is 28.5 Å². The smallest absolute Gasteiger partial charge is 0.274 e. The molecule has 0 radical (unpaired) electrons. The molecule has 0 spiro atoms. The number of hydrogen-bond donors (Lipinski definition) is 2. The lowest BCUT2D eigenvalue weighted by molar-refractivity contribution is -0.303. The van der Waals surface area contributed by atoms with Gasteiger partial charge in [-0.25, -0.2) is 9.37 Å². The fourth-order valence-corrected chi connectivity index (χ4v) is 1.69. The van der Waals surface area contributed by atoms with Crippen molar-refractivity contribution in [2.24, 2.45) is 0 Å². The van der Waals surface area contributed by atoms with E-state index in [0.29, 0.717) is 11.1 Å². The maximum absolute atomic E-state index is 13.1. The molecule has 1 aromatic heterocycles. The van der Waals surface area contributed by atoms with Crippen LogP contribution in [-0.2, 0) is 4.79 Å². The summed E-state index contributed by atoms with van der Waals surface area (Å²) in [6.07, 6.45) is 1.28. The van der Waals surface area contributed by atoms with Gasteiger partial charge in [0.1, 0.15) is 11.6 Å². The molecule has 0 unspecified atom stereocenters. The van der Waals surface area contributed by atoms with Crippen molar-refractivity contribution < 1.29 is 24.2 Å². The summed E-state index contributed by atoms with van der Waals surface area (Å²) in [6, 6.07) is 6.90. The number of carbonyl (C=O) groups is 2. The van der Waals surface area contributed by atoms with Gasteiger partial charge in [0.2, 0.25) is 0 Å². The Hall–Kier alpha value is -3.09. The molecule has 22 heavy (non-hydrogen) atoms. The molecule has 0 bridgehead atoms. The summed E-state index contributed by atoms with van der Waals surface area (Å²) in [5, 5.41) is 22.0. The molecule has 0 aliphatic heterocycles. The van der Waals surface area contributed by atoms with E-state index in [9.17, 15) is 24.2 Å². The van der Waals surface area contributed by atoms with Gasteiger partial charge in [-0.1, -0.05) is 12.1 Å². The van der Waals surface area contributed by atoms with Crippen molar-refractivity contribution >= 4 is 11.9 Å². The van der Waals surface area contributed by atoms with Gasteiger partial charge in [-0.3, -0.25) is 4.79 Å². The first-order valence-corrected chi connectivity index (χ1v) is 5.90. The van der Waals surface area contributed by atoms with E-state index in [2.05, 4.69) is 4.98 Å². The predicted octanol–water partition coefficient (Wildman–Crippen LogP) is 0.523. The Morgan fingerprint density at radius 1 is 1.27 bits per heavy atom. The minimum atomic E-state index is -1.46. The van der Waals surface area contributed by atoms with Gasteiger partial charge >= 0.3 is 0 Å². The van der Waals surface area contributed by atoms with Gasteiger partial charge in [-0.05, 0) is 23.8 Å². The number of aliphatic carboxylic acids is 1. The molecule has 2 aromatic rings. The molecule has 7 heteroatoms. The number of benzene rings is 1. The zero-order chi connectivity index (χ0) is 15.4. The van der Waals surface area contributed by atoms with Crippen molar-refractivity contribution in [3.63, 3.8) is 0 Å². The van der Waals surface area contributed by atoms with Crippen molar-refractivity contribution in [3.05, 3.63) is 55.5 Å². The molecule has 2 rings (SSSR count). The van der Waals surface area contributed by atoms with Gasteiger partial charge in [0, 0.05) is 19.2 Å². The number of aromatic hydroxyl groups is 1. The number of nitrogens with one attached hydrogen (secondary N) is 1. The third kappa shape index (κ3) is 3.95. The number of nitrogens with zero attached hydrogens (tertiary/aromatic N) is 1. The SMILES string of the molecule is O=C([O-])CNC(=O)c1ncc(-c2cccc(F)c2)cc1O.[CH3+]. The zero-order valence-electron chi connectivity index (χ0n) is 11.7. The van der Waals surface area contributed by atoms with Gasteiger partial charge in [0.05, 0.1) is 12.5 Å².